The molecule has 5 rings (SSSR count). The molecule has 1 unspecified atom stereocenters. The number of nitrogens with zero attached hydrogens (tertiary/aromatic N) is 6. The molecule has 0 aliphatic carbocycles. The van der Waals surface area contributed by atoms with Gasteiger partial charge in [-0.2, -0.15) is 5.10 Å². The van der Waals surface area contributed by atoms with Gasteiger partial charge in [0.05, 0.1) is 17.3 Å². The maximum Gasteiger partial charge on any atom is 0.308 e. The van der Waals surface area contributed by atoms with Gasteiger partial charge in [0, 0.05) is 40.2 Å². The lowest BCUT2D eigenvalue weighted by Gasteiger charge is -2.16. The summed E-state index contributed by atoms with van der Waals surface area (Å²) in [6.45, 7) is 14.2. The van der Waals surface area contributed by atoms with E-state index < -0.39 is 17.9 Å². The number of aromatic nitrogens is 5. The van der Waals surface area contributed by atoms with Crippen molar-refractivity contribution in [2.75, 3.05) is 5.32 Å². The van der Waals surface area contributed by atoms with Crippen LogP contribution in [0.2, 0.25) is 0 Å². The fourth-order valence-corrected chi connectivity index (χ4v) is 5.84. The van der Waals surface area contributed by atoms with Crippen LogP contribution in [0.5, 0.6) is 0 Å². The zero-order valence-electron chi connectivity index (χ0n) is 23.0. The highest BCUT2D eigenvalue weighted by atomic mass is 32.1. The standard InChI is InChI=1S/C28H33N7O2S/c1-14-16(3)38-26-22(14)24(30-23(15(2)27(36)37)25-32-31-17(4)35(25)26)18-9-11-19(12-10-18)29-21-13-20(28(5,6)7)33-34(21)8/h9-13,15,23,29H,1-8H3,(H,36,37)/t15-,23?/m0/s1. The average Bonchev–Trinajstić information content (AvgIpc) is 3.47. The lowest BCUT2D eigenvalue weighted by molar-refractivity contribution is -0.141. The molecule has 10 heteroatoms. The van der Waals surface area contributed by atoms with Gasteiger partial charge in [0.1, 0.15) is 22.7 Å². The molecule has 2 atom stereocenters. The number of aliphatic carboxylic acids is 1. The predicted molar refractivity (Wildman–Crippen MR) is 150 cm³/mol. The molecular formula is C28H33N7O2S. The lowest BCUT2D eigenvalue weighted by atomic mass is 9.92. The summed E-state index contributed by atoms with van der Waals surface area (Å²) in [7, 11) is 1.93. The van der Waals surface area contributed by atoms with Crippen LogP contribution in [0, 0.1) is 26.7 Å². The van der Waals surface area contributed by atoms with E-state index in [-0.39, 0.29) is 5.41 Å². The van der Waals surface area contributed by atoms with Gasteiger partial charge in [-0.05, 0) is 45.4 Å². The van der Waals surface area contributed by atoms with Gasteiger partial charge in [0.15, 0.2) is 5.82 Å². The number of fused-ring (bicyclic) bond motifs is 3. The maximum absolute atomic E-state index is 12.1. The molecule has 0 saturated heterocycles. The molecule has 3 aromatic heterocycles. The summed E-state index contributed by atoms with van der Waals surface area (Å²) in [5.74, 6) is 0.482. The minimum atomic E-state index is -0.922. The van der Waals surface area contributed by atoms with E-state index >= 15 is 0 Å². The number of benzene rings is 1. The predicted octanol–water partition coefficient (Wildman–Crippen LogP) is 5.64. The molecule has 0 saturated carbocycles. The summed E-state index contributed by atoms with van der Waals surface area (Å²) in [6.07, 6.45) is 0. The third-order valence-corrected chi connectivity index (χ3v) is 8.32. The highest BCUT2D eigenvalue weighted by Crippen LogP contribution is 2.40. The van der Waals surface area contributed by atoms with Crippen LogP contribution in [0.1, 0.15) is 72.6 Å². The minimum absolute atomic E-state index is 0.0429. The molecule has 1 aromatic carbocycles. The van der Waals surface area contributed by atoms with Crippen molar-refractivity contribution in [3.63, 3.8) is 0 Å². The number of aliphatic imine (C=N–C) groups is 1. The number of carboxylic acid groups (broad SMARTS) is 1. The molecule has 0 spiro atoms. The first kappa shape index (κ1) is 25.8. The van der Waals surface area contributed by atoms with Gasteiger partial charge in [-0.3, -0.25) is 19.0 Å². The summed E-state index contributed by atoms with van der Waals surface area (Å²) in [5.41, 5.74) is 5.71. The van der Waals surface area contributed by atoms with Gasteiger partial charge in [-0.1, -0.05) is 32.9 Å². The second kappa shape index (κ2) is 9.20. The van der Waals surface area contributed by atoms with E-state index in [1.54, 1.807) is 18.3 Å². The van der Waals surface area contributed by atoms with Crippen LogP contribution in [0.15, 0.2) is 35.3 Å². The molecule has 198 valence electrons. The van der Waals surface area contributed by atoms with E-state index in [1.165, 1.54) is 4.88 Å². The summed E-state index contributed by atoms with van der Waals surface area (Å²) in [5, 5.41) is 27.7. The smallest absolute Gasteiger partial charge is 0.308 e. The van der Waals surface area contributed by atoms with E-state index in [1.807, 2.05) is 47.5 Å². The molecule has 0 radical (unpaired) electrons. The first-order valence-electron chi connectivity index (χ1n) is 12.6. The third kappa shape index (κ3) is 4.32. The van der Waals surface area contributed by atoms with Crippen LogP contribution >= 0.6 is 11.3 Å². The number of nitrogens with one attached hydrogen (secondary N) is 1. The van der Waals surface area contributed by atoms with E-state index in [2.05, 4.69) is 61.3 Å². The Balaban J connectivity index is 1.59. The van der Waals surface area contributed by atoms with E-state index in [0.717, 1.165) is 44.6 Å². The molecule has 1 aliphatic rings. The second-order valence-corrected chi connectivity index (χ2v) is 12.1. The Morgan fingerprint density at radius 1 is 1.13 bits per heavy atom. The first-order valence-corrected chi connectivity index (χ1v) is 13.4. The van der Waals surface area contributed by atoms with Crippen molar-refractivity contribution in [1.82, 2.24) is 24.5 Å². The molecule has 2 N–H and O–H groups in total. The van der Waals surface area contributed by atoms with Crippen molar-refractivity contribution in [2.45, 2.75) is 59.9 Å². The summed E-state index contributed by atoms with van der Waals surface area (Å²) >= 11 is 1.66. The Kier molecular flexibility index (Phi) is 6.25. The zero-order chi connectivity index (χ0) is 27.5. The number of anilines is 2. The molecule has 38 heavy (non-hydrogen) atoms. The largest absolute Gasteiger partial charge is 0.481 e. The average molecular weight is 532 g/mol. The van der Waals surface area contributed by atoms with Crippen LogP contribution in [0.4, 0.5) is 11.5 Å². The second-order valence-electron chi connectivity index (χ2n) is 10.9. The maximum atomic E-state index is 12.1. The molecule has 1 aliphatic heterocycles. The Labute approximate surface area is 226 Å². The van der Waals surface area contributed by atoms with Crippen molar-refractivity contribution in [3.05, 3.63) is 69.2 Å². The number of hydrogen-bond acceptors (Lipinski definition) is 7. The van der Waals surface area contributed by atoms with Crippen LogP contribution in [-0.2, 0) is 17.3 Å². The van der Waals surface area contributed by atoms with Gasteiger partial charge >= 0.3 is 5.97 Å². The Hall–Kier alpha value is -3.79. The first-order chi connectivity index (χ1) is 17.9. The Morgan fingerprint density at radius 2 is 1.82 bits per heavy atom. The van der Waals surface area contributed by atoms with Gasteiger partial charge in [-0.25, -0.2) is 0 Å². The SMILES string of the molecule is Cc1sc2c(c1C)C(c1ccc(Nc3cc(C(C)(C)C)nn3C)cc1)=NC([C@H](C)C(=O)O)c1nnc(C)n1-2. The lowest BCUT2D eigenvalue weighted by Crippen LogP contribution is -2.21. The van der Waals surface area contributed by atoms with Crippen molar-refractivity contribution in [1.29, 1.82) is 0 Å². The highest BCUT2D eigenvalue weighted by molar-refractivity contribution is 7.15. The van der Waals surface area contributed by atoms with Crippen molar-refractivity contribution in [2.24, 2.45) is 18.0 Å². The molecular weight excluding hydrogens is 498 g/mol. The van der Waals surface area contributed by atoms with Crippen molar-refractivity contribution in [3.8, 4) is 5.00 Å². The monoisotopic (exact) mass is 531 g/mol. The Morgan fingerprint density at radius 3 is 2.42 bits per heavy atom. The third-order valence-electron chi connectivity index (χ3n) is 7.13. The van der Waals surface area contributed by atoms with Gasteiger partial charge in [0.2, 0.25) is 0 Å². The Bertz CT molecular complexity index is 1570. The van der Waals surface area contributed by atoms with Crippen molar-refractivity contribution >= 4 is 34.5 Å². The summed E-state index contributed by atoms with van der Waals surface area (Å²) in [6, 6.07) is 9.48. The fourth-order valence-electron chi connectivity index (χ4n) is 4.63. The quantitative estimate of drug-likeness (QED) is 0.345. The number of aryl methyl sites for hydroxylation is 3. The molecule has 4 aromatic rings. The summed E-state index contributed by atoms with van der Waals surface area (Å²) < 4.78 is 3.83. The molecule has 9 nitrogen and oxygen atoms in total. The number of rotatable bonds is 5. The fraction of sp³-hybridized carbons (Fsp3) is 0.393. The van der Waals surface area contributed by atoms with Crippen LogP contribution in [0.25, 0.3) is 5.00 Å². The number of thiophene rings is 1. The number of carboxylic acids is 1. The summed E-state index contributed by atoms with van der Waals surface area (Å²) in [4.78, 5) is 18.3. The van der Waals surface area contributed by atoms with Crippen LogP contribution < -0.4 is 5.32 Å². The van der Waals surface area contributed by atoms with Crippen molar-refractivity contribution < 1.29 is 9.90 Å². The van der Waals surface area contributed by atoms with Crippen LogP contribution in [-0.4, -0.2) is 41.3 Å². The van der Waals surface area contributed by atoms with Gasteiger partial charge in [-0.15, -0.1) is 21.5 Å². The molecule has 0 amide bonds. The highest BCUT2D eigenvalue weighted by Gasteiger charge is 2.36. The van der Waals surface area contributed by atoms with Gasteiger partial charge < -0.3 is 10.4 Å². The van der Waals surface area contributed by atoms with E-state index in [4.69, 9.17) is 4.99 Å². The zero-order valence-corrected chi connectivity index (χ0v) is 23.8. The van der Waals surface area contributed by atoms with E-state index in [9.17, 15) is 9.90 Å². The molecule has 4 heterocycles. The number of hydrogen-bond donors (Lipinski definition) is 2. The molecule has 0 bridgehead atoms. The van der Waals surface area contributed by atoms with Gasteiger partial charge in [0.25, 0.3) is 0 Å². The normalized spacial score (nSPS) is 15.9. The topological polar surface area (TPSA) is 110 Å². The minimum Gasteiger partial charge on any atom is -0.481 e. The van der Waals surface area contributed by atoms with E-state index in [0.29, 0.717) is 11.6 Å². The van der Waals surface area contributed by atoms with Crippen LogP contribution in [0.3, 0.4) is 0 Å². The molecule has 0 fully saturated rings. The number of carbonyl (C=O) groups is 1.